The fraction of sp³-hybridized carbons (Fsp3) is 0.333. The van der Waals surface area contributed by atoms with Crippen LogP contribution < -0.4 is 0 Å². The molecule has 0 radical (unpaired) electrons. The van der Waals surface area contributed by atoms with E-state index >= 15 is 0 Å². The van der Waals surface area contributed by atoms with Crippen LogP contribution in [0.2, 0.25) is 5.02 Å². The number of rotatable bonds is 1. The van der Waals surface area contributed by atoms with Crippen LogP contribution in [0.3, 0.4) is 0 Å². The van der Waals surface area contributed by atoms with Gasteiger partial charge in [-0.25, -0.2) is 4.98 Å². The number of aromatic nitrogens is 1. The molecule has 0 aliphatic carbocycles. The summed E-state index contributed by atoms with van der Waals surface area (Å²) in [5.41, 5.74) is -0.212. The molecule has 1 aromatic heterocycles. The molecule has 1 rings (SSSR count). The normalized spacial score (nSPS) is 11.0. The zero-order chi connectivity index (χ0) is 10.1. The van der Waals surface area contributed by atoms with E-state index in [2.05, 4.69) is 4.98 Å². The summed E-state index contributed by atoms with van der Waals surface area (Å²) in [4.78, 5) is 3.81. The molecule has 0 saturated heterocycles. The van der Waals surface area contributed by atoms with Crippen LogP contribution >= 0.6 is 11.6 Å². The summed E-state index contributed by atoms with van der Waals surface area (Å²) < 4.78 is 0. The maximum atomic E-state index is 9.60. The van der Waals surface area contributed by atoms with Gasteiger partial charge in [-0.2, -0.15) is 5.26 Å². The first-order valence-corrected chi connectivity index (χ1v) is 4.11. The summed E-state index contributed by atoms with van der Waals surface area (Å²) in [6, 6.07) is 3.40. The van der Waals surface area contributed by atoms with Crippen LogP contribution in [0, 0.1) is 11.3 Å². The molecule has 0 unspecified atom stereocenters. The molecule has 0 aromatic carbocycles. The van der Waals surface area contributed by atoms with Crippen LogP contribution in [0.4, 0.5) is 0 Å². The second-order valence-electron chi connectivity index (χ2n) is 3.23. The fourth-order valence-corrected chi connectivity index (χ4v) is 1.06. The Labute approximate surface area is 81.6 Å². The molecular formula is C9H9ClN2O. The van der Waals surface area contributed by atoms with Gasteiger partial charge < -0.3 is 5.11 Å². The molecule has 0 amide bonds. The lowest BCUT2D eigenvalue weighted by molar-refractivity contribution is 0.0782. The van der Waals surface area contributed by atoms with Gasteiger partial charge in [-0.05, 0) is 19.9 Å². The molecule has 0 spiro atoms. The standard InChI is InChI=1S/C9H9ClN2O/c1-9(2,13)6-3-7(10)8(4-11)12-5-6/h3,5,13H,1-2H3. The quantitative estimate of drug-likeness (QED) is 0.746. The van der Waals surface area contributed by atoms with Gasteiger partial charge in [-0.3, -0.25) is 0 Å². The van der Waals surface area contributed by atoms with Crippen LogP contribution in [0.15, 0.2) is 12.3 Å². The molecule has 0 aliphatic rings. The van der Waals surface area contributed by atoms with Crippen LogP contribution in [0.1, 0.15) is 25.1 Å². The number of hydrogen-bond acceptors (Lipinski definition) is 3. The number of nitrogens with zero attached hydrogens (tertiary/aromatic N) is 2. The van der Waals surface area contributed by atoms with E-state index in [0.717, 1.165) is 0 Å². The molecule has 0 atom stereocenters. The highest BCUT2D eigenvalue weighted by Crippen LogP contribution is 2.23. The Hall–Kier alpha value is -1.11. The van der Waals surface area contributed by atoms with E-state index in [1.807, 2.05) is 6.07 Å². The molecular weight excluding hydrogens is 188 g/mol. The van der Waals surface area contributed by atoms with Gasteiger partial charge in [0, 0.05) is 11.8 Å². The van der Waals surface area contributed by atoms with E-state index < -0.39 is 5.60 Å². The first-order chi connectivity index (χ1) is 5.95. The lowest BCUT2D eigenvalue weighted by Crippen LogP contribution is -2.15. The third-order valence-electron chi connectivity index (χ3n) is 1.65. The van der Waals surface area contributed by atoms with Crippen molar-refractivity contribution in [1.29, 1.82) is 5.26 Å². The molecule has 0 aliphatic heterocycles. The summed E-state index contributed by atoms with van der Waals surface area (Å²) in [6.45, 7) is 3.26. The van der Waals surface area contributed by atoms with Crippen molar-refractivity contribution < 1.29 is 5.11 Å². The summed E-state index contributed by atoms with van der Waals surface area (Å²) in [7, 11) is 0. The lowest BCUT2D eigenvalue weighted by atomic mass is 10.0. The number of halogens is 1. The minimum absolute atomic E-state index is 0.176. The van der Waals surface area contributed by atoms with E-state index in [0.29, 0.717) is 5.56 Å². The maximum Gasteiger partial charge on any atom is 0.159 e. The average molecular weight is 197 g/mol. The first-order valence-electron chi connectivity index (χ1n) is 3.73. The minimum atomic E-state index is -0.982. The number of aliphatic hydroxyl groups is 1. The largest absolute Gasteiger partial charge is 0.386 e. The molecule has 0 bridgehead atoms. The molecule has 13 heavy (non-hydrogen) atoms. The molecule has 1 N–H and O–H groups in total. The van der Waals surface area contributed by atoms with Crippen molar-refractivity contribution in [3.8, 4) is 6.07 Å². The summed E-state index contributed by atoms with van der Waals surface area (Å²) in [5.74, 6) is 0. The van der Waals surface area contributed by atoms with E-state index in [1.165, 1.54) is 6.20 Å². The predicted molar refractivity (Wildman–Crippen MR) is 49.2 cm³/mol. The topological polar surface area (TPSA) is 56.9 Å². The van der Waals surface area contributed by atoms with Crippen molar-refractivity contribution >= 4 is 11.6 Å². The summed E-state index contributed by atoms with van der Waals surface area (Å²) in [6.07, 6.45) is 1.45. The predicted octanol–water partition coefficient (Wildman–Crippen LogP) is 1.83. The Kier molecular flexibility index (Phi) is 2.55. The van der Waals surface area contributed by atoms with Crippen molar-refractivity contribution in [2.24, 2.45) is 0 Å². The van der Waals surface area contributed by atoms with E-state index in [1.54, 1.807) is 19.9 Å². The first kappa shape index (κ1) is 9.97. The monoisotopic (exact) mass is 196 g/mol. The number of pyridine rings is 1. The second-order valence-corrected chi connectivity index (χ2v) is 3.63. The fourth-order valence-electron chi connectivity index (χ4n) is 0.855. The van der Waals surface area contributed by atoms with Crippen molar-refractivity contribution in [3.63, 3.8) is 0 Å². The van der Waals surface area contributed by atoms with Crippen LogP contribution in [-0.4, -0.2) is 10.1 Å². The summed E-state index contributed by atoms with van der Waals surface area (Å²) >= 11 is 5.74. The zero-order valence-corrected chi connectivity index (χ0v) is 8.13. The van der Waals surface area contributed by atoms with Crippen LogP contribution in [0.5, 0.6) is 0 Å². The number of hydrogen-bond donors (Lipinski definition) is 1. The van der Waals surface area contributed by atoms with Crippen molar-refractivity contribution in [3.05, 3.63) is 28.5 Å². The SMILES string of the molecule is CC(C)(O)c1cnc(C#N)c(Cl)c1. The second kappa shape index (κ2) is 3.33. The summed E-state index contributed by atoms with van der Waals surface area (Å²) in [5, 5.41) is 18.4. The molecule has 1 aromatic rings. The lowest BCUT2D eigenvalue weighted by Gasteiger charge is -2.17. The highest BCUT2D eigenvalue weighted by molar-refractivity contribution is 6.31. The molecule has 3 nitrogen and oxygen atoms in total. The minimum Gasteiger partial charge on any atom is -0.386 e. The molecule has 68 valence electrons. The molecule has 1 heterocycles. The highest BCUT2D eigenvalue weighted by Gasteiger charge is 2.17. The van der Waals surface area contributed by atoms with Crippen molar-refractivity contribution in [1.82, 2.24) is 4.98 Å². The average Bonchev–Trinajstić information content (AvgIpc) is 2.02. The Bertz CT molecular complexity index is 363. The Morgan fingerprint density at radius 2 is 2.23 bits per heavy atom. The third-order valence-corrected chi connectivity index (χ3v) is 1.94. The van der Waals surface area contributed by atoms with Crippen LogP contribution in [-0.2, 0) is 5.60 Å². The van der Waals surface area contributed by atoms with Gasteiger partial charge in [0.1, 0.15) is 6.07 Å². The van der Waals surface area contributed by atoms with E-state index in [-0.39, 0.29) is 10.7 Å². The van der Waals surface area contributed by atoms with Gasteiger partial charge >= 0.3 is 0 Å². The maximum absolute atomic E-state index is 9.60. The number of nitriles is 1. The van der Waals surface area contributed by atoms with Gasteiger partial charge in [-0.15, -0.1) is 0 Å². The van der Waals surface area contributed by atoms with Gasteiger partial charge in [-0.1, -0.05) is 11.6 Å². The Balaban J connectivity index is 3.20. The van der Waals surface area contributed by atoms with Gasteiger partial charge in [0.25, 0.3) is 0 Å². The zero-order valence-electron chi connectivity index (χ0n) is 7.37. The van der Waals surface area contributed by atoms with Crippen LogP contribution in [0.25, 0.3) is 0 Å². The smallest absolute Gasteiger partial charge is 0.159 e. The van der Waals surface area contributed by atoms with Crippen molar-refractivity contribution in [2.75, 3.05) is 0 Å². The Morgan fingerprint density at radius 3 is 2.62 bits per heavy atom. The molecule has 0 fully saturated rings. The highest BCUT2D eigenvalue weighted by atomic mass is 35.5. The van der Waals surface area contributed by atoms with E-state index in [9.17, 15) is 5.11 Å². The Morgan fingerprint density at radius 1 is 1.62 bits per heavy atom. The molecule has 0 saturated carbocycles. The van der Waals surface area contributed by atoms with Gasteiger partial charge in [0.15, 0.2) is 5.69 Å². The molecule has 4 heteroatoms. The third kappa shape index (κ3) is 2.18. The van der Waals surface area contributed by atoms with Gasteiger partial charge in [0.05, 0.1) is 10.6 Å². The van der Waals surface area contributed by atoms with Crippen molar-refractivity contribution in [2.45, 2.75) is 19.4 Å². The van der Waals surface area contributed by atoms with E-state index in [4.69, 9.17) is 16.9 Å². The van der Waals surface area contributed by atoms with Gasteiger partial charge in [0.2, 0.25) is 0 Å².